The van der Waals surface area contributed by atoms with Gasteiger partial charge in [-0.25, -0.2) is 14.4 Å². The van der Waals surface area contributed by atoms with Crippen molar-refractivity contribution in [2.24, 2.45) is 0 Å². The van der Waals surface area contributed by atoms with Gasteiger partial charge in [0.15, 0.2) is 5.82 Å². The van der Waals surface area contributed by atoms with Crippen molar-refractivity contribution in [3.8, 4) is 11.4 Å². The van der Waals surface area contributed by atoms with E-state index >= 15 is 0 Å². The normalized spacial score (nSPS) is 18.5. The first-order valence-corrected chi connectivity index (χ1v) is 7.29. The minimum atomic E-state index is -0.252. The number of nitrogens with one attached hydrogen (secondary N) is 2. The Kier molecular flexibility index (Phi) is 4.10. The van der Waals surface area contributed by atoms with Crippen LogP contribution in [0.1, 0.15) is 18.5 Å². The van der Waals surface area contributed by atoms with Crippen LogP contribution in [-0.2, 0) is 0 Å². The number of rotatable bonds is 3. The summed E-state index contributed by atoms with van der Waals surface area (Å²) in [5, 5.41) is 6.83. The molecule has 2 heterocycles. The molecule has 0 aliphatic carbocycles. The third-order valence-corrected chi connectivity index (χ3v) is 3.61. The molecular weight excluding hydrogens is 267 g/mol. The Bertz CT molecular complexity index is 606. The lowest BCUT2D eigenvalue weighted by molar-refractivity contribution is 0.479. The van der Waals surface area contributed by atoms with Gasteiger partial charge in [-0.1, -0.05) is 0 Å². The summed E-state index contributed by atoms with van der Waals surface area (Å²) in [6.45, 7) is 3.98. The predicted octanol–water partition coefficient (Wildman–Crippen LogP) is 2.76. The van der Waals surface area contributed by atoms with Gasteiger partial charge in [0, 0.05) is 29.9 Å². The van der Waals surface area contributed by atoms with Gasteiger partial charge in [-0.15, -0.1) is 0 Å². The van der Waals surface area contributed by atoms with Crippen LogP contribution in [0.25, 0.3) is 11.4 Å². The molecule has 0 spiro atoms. The molecule has 0 bridgehead atoms. The Morgan fingerprint density at radius 1 is 1.24 bits per heavy atom. The highest BCUT2D eigenvalue weighted by molar-refractivity contribution is 5.57. The zero-order chi connectivity index (χ0) is 14.7. The monoisotopic (exact) mass is 286 g/mol. The van der Waals surface area contributed by atoms with Gasteiger partial charge in [0.1, 0.15) is 11.6 Å². The van der Waals surface area contributed by atoms with E-state index in [2.05, 4.69) is 20.6 Å². The van der Waals surface area contributed by atoms with Gasteiger partial charge in [-0.05, 0) is 50.6 Å². The van der Waals surface area contributed by atoms with Crippen LogP contribution in [0.2, 0.25) is 0 Å². The van der Waals surface area contributed by atoms with Crippen molar-refractivity contribution in [2.75, 3.05) is 18.4 Å². The van der Waals surface area contributed by atoms with E-state index in [4.69, 9.17) is 0 Å². The summed E-state index contributed by atoms with van der Waals surface area (Å²) in [4.78, 5) is 8.99. The topological polar surface area (TPSA) is 49.8 Å². The van der Waals surface area contributed by atoms with Crippen LogP contribution >= 0.6 is 0 Å². The molecule has 2 N–H and O–H groups in total. The van der Waals surface area contributed by atoms with Crippen molar-refractivity contribution < 1.29 is 4.39 Å². The third-order valence-electron chi connectivity index (χ3n) is 3.61. The molecule has 21 heavy (non-hydrogen) atoms. The highest BCUT2D eigenvalue weighted by Crippen LogP contribution is 2.19. The zero-order valence-electron chi connectivity index (χ0n) is 12.1. The molecule has 0 amide bonds. The first-order valence-electron chi connectivity index (χ1n) is 7.29. The van der Waals surface area contributed by atoms with E-state index in [1.54, 1.807) is 12.1 Å². The minimum absolute atomic E-state index is 0.252. The van der Waals surface area contributed by atoms with E-state index in [9.17, 15) is 4.39 Å². The number of benzene rings is 1. The van der Waals surface area contributed by atoms with Crippen molar-refractivity contribution in [1.29, 1.82) is 0 Å². The van der Waals surface area contributed by atoms with Gasteiger partial charge >= 0.3 is 0 Å². The maximum Gasteiger partial charge on any atom is 0.161 e. The quantitative estimate of drug-likeness (QED) is 0.911. The fourth-order valence-electron chi connectivity index (χ4n) is 2.55. The summed E-state index contributed by atoms with van der Waals surface area (Å²) in [5.41, 5.74) is 1.72. The van der Waals surface area contributed by atoms with Gasteiger partial charge in [-0.2, -0.15) is 0 Å². The van der Waals surface area contributed by atoms with Crippen molar-refractivity contribution in [1.82, 2.24) is 15.3 Å². The number of nitrogens with zero attached hydrogens (tertiary/aromatic N) is 2. The Labute approximate surface area is 123 Å². The fraction of sp³-hybridized carbons (Fsp3) is 0.375. The first-order chi connectivity index (χ1) is 10.2. The number of piperidine rings is 1. The van der Waals surface area contributed by atoms with Crippen LogP contribution < -0.4 is 10.6 Å². The SMILES string of the molecule is Cc1cc(NC2CCCNC2)nc(-c2ccc(F)cc2)n1. The molecule has 1 aromatic carbocycles. The smallest absolute Gasteiger partial charge is 0.161 e. The van der Waals surface area contributed by atoms with Crippen LogP contribution in [-0.4, -0.2) is 29.1 Å². The maximum absolute atomic E-state index is 13.0. The molecule has 0 radical (unpaired) electrons. The Morgan fingerprint density at radius 2 is 2.05 bits per heavy atom. The first kappa shape index (κ1) is 13.9. The molecule has 1 unspecified atom stereocenters. The molecule has 1 saturated heterocycles. The Hall–Kier alpha value is -2.01. The number of aromatic nitrogens is 2. The third kappa shape index (κ3) is 3.55. The van der Waals surface area contributed by atoms with Gasteiger partial charge in [-0.3, -0.25) is 0 Å². The van der Waals surface area contributed by atoms with Crippen LogP contribution in [0.3, 0.4) is 0 Å². The van der Waals surface area contributed by atoms with Gasteiger partial charge < -0.3 is 10.6 Å². The van der Waals surface area contributed by atoms with E-state index in [-0.39, 0.29) is 5.82 Å². The molecule has 1 atom stereocenters. The van der Waals surface area contributed by atoms with E-state index in [1.165, 1.54) is 18.6 Å². The number of anilines is 1. The second-order valence-corrected chi connectivity index (χ2v) is 5.41. The van der Waals surface area contributed by atoms with Crippen LogP contribution in [0.5, 0.6) is 0 Å². The summed E-state index contributed by atoms with van der Waals surface area (Å²) < 4.78 is 13.0. The second kappa shape index (κ2) is 6.18. The number of halogens is 1. The molecule has 1 fully saturated rings. The Balaban J connectivity index is 1.83. The average Bonchev–Trinajstić information content (AvgIpc) is 2.48. The minimum Gasteiger partial charge on any atom is -0.366 e. The van der Waals surface area contributed by atoms with Crippen molar-refractivity contribution in [3.63, 3.8) is 0 Å². The van der Waals surface area contributed by atoms with Crippen LogP contribution in [0, 0.1) is 12.7 Å². The summed E-state index contributed by atoms with van der Waals surface area (Å²) >= 11 is 0. The molecular formula is C16H19FN4. The largest absolute Gasteiger partial charge is 0.366 e. The molecule has 1 aliphatic heterocycles. The molecule has 110 valence electrons. The Morgan fingerprint density at radius 3 is 2.76 bits per heavy atom. The molecule has 2 aromatic rings. The van der Waals surface area contributed by atoms with E-state index < -0.39 is 0 Å². The standard InChI is InChI=1S/C16H19FN4/c1-11-9-15(20-14-3-2-8-18-10-14)21-16(19-11)12-4-6-13(17)7-5-12/h4-7,9,14,18H,2-3,8,10H2,1H3,(H,19,20,21). The lowest BCUT2D eigenvalue weighted by Gasteiger charge is -2.24. The van der Waals surface area contributed by atoms with Crippen LogP contribution in [0.15, 0.2) is 30.3 Å². The lowest BCUT2D eigenvalue weighted by atomic mass is 10.1. The highest BCUT2D eigenvalue weighted by Gasteiger charge is 2.14. The van der Waals surface area contributed by atoms with Crippen LogP contribution in [0.4, 0.5) is 10.2 Å². The zero-order valence-corrected chi connectivity index (χ0v) is 12.1. The van der Waals surface area contributed by atoms with Crippen molar-refractivity contribution in [3.05, 3.63) is 41.8 Å². The molecule has 0 saturated carbocycles. The number of hydrogen-bond donors (Lipinski definition) is 2. The molecule has 4 nitrogen and oxygen atoms in total. The molecule has 1 aromatic heterocycles. The summed E-state index contributed by atoms with van der Waals surface area (Å²) in [7, 11) is 0. The van der Waals surface area contributed by atoms with E-state index in [0.29, 0.717) is 11.9 Å². The average molecular weight is 286 g/mol. The number of hydrogen-bond acceptors (Lipinski definition) is 4. The van der Waals surface area contributed by atoms with Crippen molar-refractivity contribution in [2.45, 2.75) is 25.8 Å². The second-order valence-electron chi connectivity index (χ2n) is 5.41. The molecule has 1 aliphatic rings. The fourth-order valence-corrected chi connectivity index (χ4v) is 2.55. The number of aryl methyl sites for hydroxylation is 1. The maximum atomic E-state index is 13.0. The van der Waals surface area contributed by atoms with Gasteiger partial charge in [0.05, 0.1) is 0 Å². The molecule has 3 rings (SSSR count). The molecule has 5 heteroatoms. The predicted molar refractivity (Wildman–Crippen MR) is 81.7 cm³/mol. The summed E-state index contributed by atoms with van der Waals surface area (Å²) in [6.07, 6.45) is 2.31. The summed E-state index contributed by atoms with van der Waals surface area (Å²) in [5.74, 6) is 1.20. The van der Waals surface area contributed by atoms with E-state index in [1.807, 2.05) is 13.0 Å². The highest BCUT2D eigenvalue weighted by atomic mass is 19.1. The van der Waals surface area contributed by atoms with Gasteiger partial charge in [0.25, 0.3) is 0 Å². The van der Waals surface area contributed by atoms with Crippen molar-refractivity contribution >= 4 is 5.82 Å². The van der Waals surface area contributed by atoms with Gasteiger partial charge in [0.2, 0.25) is 0 Å². The lowest BCUT2D eigenvalue weighted by Crippen LogP contribution is -2.38. The summed E-state index contributed by atoms with van der Waals surface area (Å²) in [6, 6.07) is 8.61. The van der Waals surface area contributed by atoms with E-state index in [0.717, 1.165) is 36.6 Å².